The first kappa shape index (κ1) is 13.6. The van der Waals surface area contributed by atoms with Crippen LogP contribution in [0.25, 0.3) is 11.3 Å². The van der Waals surface area contributed by atoms with Crippen molar-refractivity contribution in [1.82, 2.24) is 9.78 Å². The van der Waals surface area contributed by atoms with Crippen molar-refractivity contribution in [1.29, 1.82) is 0 Å². The van der Waals surface area contributed by atoms with Crippen molar-refractivity contribution in [2.45, 2.75) is 6.54 Å². The van der Waals surface area contributed by atoms with E-state index in [1.165, 1.54) is 6.07 Å². The third-order valence-electron chi connectivity index (χ3n) is 3.18. The fourth-order valence-corrected chi connectivity index (χ4v) is 2.38. The number of hydrogen-bond acceptors (Lipinski definition) is 2. The van der Waals surface area contributed by atoms with Gasteiger partial charge in [-0.2, -0.15) is 5.10 Å². The zero-order chi connectivity index (χ0) is 14.8. The Balaban J connectivity index is 1.93. The van der Waals surface area contributed by atoms with E-state index >= 15 is 0 Å². The van der Waals surface area contributed by atoms with Gasteiger partial charge in [0.1, 0.15) is 11.6 Å². The molecule has 106 valence electrons. The third kappa shape index (κ3) is 2.90. The predicted molar refractivity (Wildman–Crippen MR) is 82.6 cm³/mol. The lowest BCUT2D eigenvalue weighted by Gasteiger charge is -2.04. The van der Waals surface area contributed by atoms with Crippen molar-refractivity contribution in [2.24, 2.45) is 0 Å². The standard InChI is InChI=1S/C16H13ClFN3/c17-12-5-3-4-11(8-12)10-21-16(19)9-15(20-21)13-6-1-2-7-14(13)18/h1-9H,10,19H2. The van der Waals surface area contributed by atoms with Gasteiger partial charge in [-0.3, -0.25) is 0 Å². The van der Waals surface area contributed by atoms with E-state index in [2.05, 4.69) is 5.10 Å². The first-order valence-corrected chi connectivity index (χ1v) is 6.84. The molecule has 0 bridgehead atoms. The molecule has 3 aromatic rings. The Hall–Kier alpha value is -2.33. The van der Waals surface area contributed by atoms with Crippen LogP contribution in [0.5, 0.6) is 0 Å². The number of anilines is 1. The number of hydrogen-bond donors (Lipinski definition) is 1. The maximum atomic E-state index is 13.8. The van der Waals surface area contributed by atoms with Gasteiger partial charge in [0.25, 0.3) is 0 Å². The van der Waals surface area contributed by atoms with Crippen molar-refractivity contribution in [3.05, 3.63) is 71.0 Å². The molecule has 0 amide bonds. The van der Waals surface area contributed by atoms with Gasteiger partial charge in [0.15, 0.2) is 0 Å². The fourth-order valence-electron chi connectivity index (χ4n) is 2.17. The first-order chi connectivity index (χ1) is 10.1. The van der Waals surface area contributed by atoms with Crippen LogP contribution < -0.4 is 5.73 Å². The number of benzene rings is 2. The van der Waals surface area contributed by atoms with Gasteiger partial charge >= 0.3 is 0 Å². The summed E-state index contributed by atoms with van der Waals surface area (Å²) in [5.74, 6) is 0.165. The highest BCUT2D eigenvalue weighted by Gasteiger charge is 2.11. The minimum absolute atomic E-state index is 0.315. The Kier molecular flexibility index (Phi) is 3.62. The molecule has 0 aliphatic rings. The molecule has 0 spiro atoms. The second-order valence-electron chi connectivity index (χ2n) is 4.72. The maximum absolute atomic E-state index is 13.8. The van der Waals surface area contributed by atoms with Crippen LogP contribution in [0, 0.1) is 5.82 Å². The van der Waals surface area contributed by atoms with Crippen LogP contribution in [0.15, 0.2) is 54.6 Å². The Morgan fingerprint density at radius 1 is 1.10 bits per heavy atom. The lowest BCUT2D eigenvalue weighted by molar-refractivity contribution is 0.629. The normalized spacial score (nSPS) is 10.8. The van der Waals surface area contributed by atoms with Crippen molar-refractivity contribution in [2.75, 3.05) is 5.73 Å². The molecule has 3 nitrogen and oxygen atoms in total. The summed E-state index contributed by atoms with van der Waals surface area (Å²) in [6, 6.07) is 15.6. The number of nitrogens with zero attached hydrogens (tertiary/aromatic N) is 2. The molecule has 2 N–H and O–H groups in total. The van der Waals surface area contributed by atoms with E-state index in [1.54, 1.807) is 28.9 Å². The monoisotopic (exact) mass is 301 g/mol. The van der Waals surface area contributed by atoms with Gasteiger partial charge in [0.05, 0.1) is 12.2 Å². The van der Waals surface area contributed by atoms with Gasteiger partial charge < -0.3 is 5.73 Å². The summed E-state index contributed by atoms with van der Waals surface area (Å²) in [6.45, 7) is 0.487. The zero-order valence-corrected chi connectivity index (χ0v) is 11.9. The highest BCUT2D eigenvalue weighted by molar-refractivity contribution is 6.30. The zero-order valence-electron chi connectivity index (χ0n) is 11.1. The summed E-state index contributed by atoms with van der Waals surface area (Å²) in [5, 5.41) is 5.03. The van der Waals surface area contributed by atoms with Crippen LogP contribution in [-0.4, -0.2) is 9.78 Å². The topological polar surface area (TPSA) is 43.8 Å². The molecule has 0 atom stereocenters. The van der Waals surface area contributed by atoms with E-state index in [0.717, 1.165) is 5.56 Å². The van der Waals surface area contributed by atoms with Crippen molar-refractivity contribution in [3.63, 3.8) is 0 Å². The molecule has 0 aliphatic heterocycles. The molecule has 0 aliphatic carbocycles. The average Bonchev–Trinajstić information content (AvgIpc) is 2.80. The van der Waals surface area contributed by atoms with Crippen LogP contribution >= 0.6 is 11.6 Å². The van der Waals surface area contributed by atoms with Crippen LogP contribution in [0.1, 0.15) is 5.56 Å². The highest BCUT2D eigenvalue weighted by Crippen LogP contribution is 2.24. The molecule has 1 heterocycles. The molecule has 0 fully saturated rings. The Labute approximate surface area is 126 Å². The average molecular weight is 302 g/mol. The van der Waals surface area contributed by atoms with E-state index in [1.807, 2.05) is 24.3 Å². The van der Waals surface area contributed by atoms with Crippen molar-refractivity contribution < 1.29 is 4.39 Å². The summed E-state index contributed by atoms with van der Waals surface area (Å²) >= 11 is 5.96. The molecule has 1 aromatic heterocycles. The van der Waals surface area contributed by atoms with Gasteiger partial charge in [0, 0.05) is 16.7 Å². The van der Waals surface area contributed by atoms with Crippen LogP contribution in [-0.2, 0) is 6.54 Å². The van der Waals surface area contributed by atoms with Gasteiger partial charge in [-0.25, -0.2) is 9.07 Å². The number of nitrogens with two attached hydrogens (primary N) is 1. The number of aromatic nitrogens is 2. The van der Waals surface area contributed by atoms with E-state index in [9.17, 15) is 4.39 Å². The van der Waals surface area contributed by atoms with Gasteiger partial charge in [-0.05, 0) is 29.8 Å². The van der Waals surface area contributed by atoms with E-state index < -0.39 is 0 Å². The largest absolute Gasteiger partial charge is 0.384 e. The van der Waals surface area contributed by atoms with Crippen LogP contribution in [0.2, 0.25) is 5.02 Å². The van der Waals surface area contributed by atoms with Crippen LogP contribution in [0.3, 0.4) is 0 Å². The van der Waals surface area contributed by atoms with E-state index in [-0.39, 0.29) is 5.82 Å². The Morgan fingerprint density at radius 3 is 2.67 bits per heavy atom. The fraction of sp³-hybridized carbons (Fsp3) is 0.0625. The van der Waals surface area contributed by atoms with E-state index in [4.69, 9.17) is 17.3 Å². The smallest absolute Gasteiger partial charge is 0.132 e. The molecular weight excluding hydrogens is 289 g/mol. The predicted octanol–water partition coefficient (Wildman–Crippen LogP) is 3.97. The minimum Gasteiger partial charge on any atom is -0.384 e. The summed E-state index contributed by atoms with van der Waals surface area (Å²) in [7, 11) is 0. The maximum Gasteiger partial charge on any atom is 0.132 e. The summed E-state index contributed by atoms with van der Waals surface area (Å²) in [5.41, 5.74) is 7.90. The number of rotatable bonds is 3. The minimum atomic E-state index is -0.315. The molecule has 3 rings (SSSR count). The third-order valence-corrected chi connectivity index (χ3v) is 3.42. The number of halogens is 2. The molecule has 2 aromatic carbocycles. The van der Waals surface area contributed by atoms with Gasteiger partial charge in [-0.1, -0.05) is 35.9 Å². The second-order valence-corrected chi connectivity index (χ2v) is 5.16. The molecule has 0 radical (unpaired) electrons. The van der Waals surface area contributed by atoms with Gasteiger partial charge in [-0.15, -0.1) is 0 Å². The van der Waals surface area contributed by atoms with Crippen LogP contribution in [0.4, 0.5) is 10.2 Å². The number of nitrogen functional groups attached to an aromatic ring is 1. The molecule has 5 heteroatoms. The van der Waals surface area contributed by atoms with Crippen molar-refractivity contribution >= 4 is 17.4 Å². The molecular formula is C16H13ClFN3. The van der Waals surface area contributed by atoms with Gasteiger partial charge in [0.2, 0.25) is 0 Å². The summed E-state index contributed by atoms with van der Waals surface area (Å²) in [6.07, 6.45) is 0. The Morgan fingerprint density at radius 2 is 1.90 bits per heavy atom. The van der Waals surface area contributed by atoms with Crippen molar-refractivity contribution in [3.8, 4) is 11.3 Å². The quantitative estimate of drug-likeness (QED) is 0.795. The lowest BCUT2D eigenvalue weighted by Crippen LogP contribution is -2.05. The molecule has 0 saturated heterocycles. The SMILES string of the molecule is Nc1cc(-c2ccccc2F)nn1Cc1cccc(Cl)c1. The molecule has 0 unspecified atom stereocenters. The Bertz CT molecular complexity index is 783. The molecule has 21 heavy (non-hydrogen) atoms. The molecule has 0 saturated carbocycles. The first-order valence-electron chi connectivity index (χ1n) is 6.46. The lowest BCUT2D eigenvalue weighted by atomic mass is 10.1. The second kappa shape index (κ2) is 5.58. The van der Waals surface area contributed by atoms with E-state index in [0.29, 0.717) is 28.6 Å². The summed E-state index contributed by atoms with van der Waals surface area (Å²) < 4.78 is 15.4. The highest BCUT2D eigenvalue weighted by atomic mass is 35.5. The summed E-state index contributed by atoms with van der Waals surface area (Å²) in [4.78, 5) is 0.